The van der Waals surface area contributed by atoms with E-state index in [0.29, 0.717) is 5.78 Å². The zero-order valence-electron chi connectivity index (χ0n) is 10.9. The second-order valence-electron chi connectivity index (χ2n) is 5.09. The highest BCUT2D eigenvalue weighted by Gasteiger charge is 2.24. The summed E-state index contributed by atoms with van der Waals surface area (Å²) in [6.07, 6.45) is 5.11. The summed E-state index contributed by atoms with van der Waals surface area (Å²) in [5, 5.41) is 0.783. The maximum absolute atomic E-state index is 12.1. The van der Waals surface area contributed by atoms with Gasteiger partial charge in [0.2, 0.25) is 0 Å². The highest BCUT2D eigenvalue weighted by atomic mass is 35.5. The molecule has 1 aliphatic carbocycles. The maximum atomic E-state index is 12.1. The Labute approximate surface area is 114 Å². The molecule has 1 fully saturated rings. The lowest BCUT2D eigenvalue weighted by Gasteiger charge is -2.26. The molecule has 1 saturated carbocycles. The first-order valence-electron chi connectivity index (χ1n) is 6.65. The number of hydrogen-bond donors (Lipinski definition) is 0. The molecule has 0 amide bonds. The van der Waals surface area contributed by atoms with Crippen molar-refractivity contribution in [3.8, 4) is 0 Å². The Morgan fingerprint density at radius 1 is 1.28 bits per heavy atom. The second-order valence-corrected chi connectivity index (χ2v) is 5.50. The van der Waals surface area contributed by atoms with Crippen molar-refractivity contribution in [3.63, 3.8) is 0 Å². The average molecular weight is 266 g/mol. The number of carbonyl (C=O) groups excluding carboxylic acids is 1. The Kier molecular flexibility index (Phi) is 4.79. The van der Waals surface area contributed by atoms with Gasteiger partial charge < -0.3 is 0 Å². The third-order valence-corrected chi connectivity index (χ3v) is 4.05. The number of halogens is 1. The van der Waals surface area contributed by atoms with Gasteiger partial charge in [0.15, 0.2) is 0 Å². The van der Waals surface area contributed by atoms with Crippen molar-refractivity contribution < 1.29 is 4.79 Å². The van der Waals surface area contributed by atoms with Crippen LogP contribution in [0.5, 0.6) is 0 Å². The van der Waals surface area contributed by atoms with Crippen LogP contribution in [0.2, 0.25) is 5.02 Å². The fraction of sp³-hybridized carbons (Fsp3) is 0.533. The highest BCUT2D eigenvalue weighted by Crippen LogP contribution is 2.22. The molecular weight excluding hydrogens is 246 g/mol. The van der Waals surface area contributed by atoms with Crippen LogP contribution in [0.4, 0.5) is 0 Å². The predicted octanol–water partition coefficient (Wildman–Crippen LogP) is 3.67. The molecule has 0 N–H and O–H groups in total. The predicted molar refractivity (Wildman–Crippen MR) is 74.8 cm³/mol. The minimum atomic E-state index is 0.0729. The van der Waals surface area contributed by atoms with Crippen LogP contribution in [-0.2, 0) is 11.3 Å². The minimum absolute atomic E-state index is 0.0729. The van der Waals surface area contributed by atoms with E-state index in [-0.39, 0.29) is 6.04 Å². The van der Waals surface area contributed by atoms with Gasteiger partial charge in [0.05, 0.1) is 6.04 Å². The molecule has 0 spiro atoms. The summed E-state index contributed by atoms with van der Waals surface area (Å²) in [6.45, 7) is 0.746. The summed E-state index contributed by atoms with van der Waals surface area (Å²) in [5.41, 5.74) is 1.10. The molecule has 0 saturated heterocycles. The standard InChI is InChI=1S/C15H20ClNO/c1-17(11-12-7-5-6-8-13(12)16)14-9-3-2-4-10-15(14)18/h5-8,14H,2-4,9-11H2,1H3. The quantitative estimate of drug-likeness (QED) is 0.777. The second kappa shape index (κ2) is 6.35. The Morgan fingerprint density at radius 2 is 2.06 bits per heavy atom. The molecule has 1 atom stereocenters. The van der Waals surface area contributed by atoms with Crippen LogP contribution < -0.4 is 0 Å². The van der Waals surface area contributed by atoms with Crippen LogP contribution >= 0.6 is 11.6 Å². The maximum Gasteiger partial charge on any atom is 0.149 e. The first-order chi connectivity index (χ1) is 8.68. The van der Waals surface area contributed by atoms with E-state index < -0.39 is 0 Å². The number of rotatable bonds is 3. The molecular formula is C15H20ClNO. The lowest BCUT2D eigenvalue weighted by atomic mass is 10.1. The summed E-state index contributed by atoms with van der Waals surface area (Å²) in [5.74, 6) is 0.391. The smallest absolute Gasteiger partial charge is 0.149 e. The third-order valence-electron chi connectivity index (χ3n) is 3.68. The van der Waals surface area contributed by atoms with E-state index in [2.05, 4.69) is 4.90 Å². The summed E-state index contributed by atoms with van der Waals surface area (Å²) in [7, 11) is 2.03. The van der Waals surface area contributed by atoms with Gasteiger partial charge in [-0.2, -0.15) is 0 Å². The van der Waals surface area contributed by atoms with Crippen molar-refractivity contribution in [2.24, 2.45) is 0 Å². The SMILES string of the molecule is CN(Cc1ccccc1Cl)C1CCCCCC1=O. The molecule has 2 rings (SSSR count). The summed E-state index contributed by atoms with van der Waals surface area (Å²) in [6, 6.07) is 7.93. The molecule has 1 aromatic carbocycles. The van der Waals surface area contributed by atoms with Crippen LogP contribution in [0.3, 0.4) is 0 Å². The molecule has 0 radical (unpaired) electrons. The van der Waals surface area contributed by atoms with Crippen molar-refractivity contribution in [3.05, 3.63) is 34.9 Å². The number of Topliss-reactive ketones (excluding diaryl/α,β-unsaturated/α-hetero) is 1. The van der Waals surface area contributed by atoms with E-state index in [0.717, 1.165) is 42.8 Å². The van der Waals surface area contributed by atoms with Crippen LogP contribution in [0.1, 0.15) is 37.7 Å². The van der Waals surface area contributed by atoms with Gasteiger partial charge in [-0.25, -0.2) is 0 Å². The molecule has 1 aromatic rings. The molecule has 0 aromatic heterocycles. The van der Waals surface area contributed by atoms with Crippen molar-refractivity contribution >= 4 is 17.4 Å². The Hall–Kier alpha value is -0.860. The Morgan fingerprint density at radius 3 is 2.83 bits per heavy atom. The van der Waals surface area contributed by atoms with Gasteiger partial charge in [0.25, 0.3) is 0 Å². The van der Waals surface area contributed by atoms with Gasteiger partial charge in [-0.3, -0.25) is 9.69 Å². The topological polar surface area (TPSA) is 20.3 Å². The first kappa shape index (κ1) is 13.6. The van der Waals surface area contributed by atoms with E-state index in [4.69, 9.17) is 11.6 Å². The number of hydrogen-bond acceptors (Lipinski definition) is 2. The van der Waals surface area contributed by atoms with Crippen molar-refractivity contribution in [2.45, 2.75) is 44.7 Å². The normalized spacial score (nSPS) is 21.1. The van der Waals surface area contributed by atoms with Gasteiger partial charge in [0.1, 0.15) is 5.78 Å². The molecule has 98 valence electrons. The van der Waals surface area contributed by atoms with Crippen molar-refractivity contribution in [1.29, 1.82) is 0 Å². The van der Waals surface area contributed by atoms with Crippen LogP contribution in [0.15, 0.2) is 24.3 Å². The molecule has 1 aliphatic rings. The summed E-state index contributed by atoms with van der Waals surface area (Å²) in [4.78, 5) is 14.2. The van der Waals surface area contributed by atoms with Crippen LogP contribution in [-0.4, -0.2) is 23.8 Å². The van der Waals surface area contributed by atoms with Gasteiger partial charge in [-0.1, -0.05) is 42.6 Å². The van der Waals surface area contributed by atoms with Crippen LogP contribution in [0.25, 0.3) is 0 Å². The van der Waals surface area contributed by atoms with Crippen molar-refractivity contribution in [2.75, 3.05) is 7.05 Å². The van der Waals surface area contributed by atoms with E-state index in [9.17, 15) is 4.79 Å². The van der Waals surface area contributed by atoms with E-state index in [1.54, 1.807) is 0 Å². The zero-order valence-corrected chi connectivity index (χ0v) is 11.6. The van der Waals surface area contributed by atoms with Gasteiger partial charge in [-0.05, 0) is 31.5 Å². The molecule has 2 nitrogen and oxygen atoms in total. The molecule has 0 aliphatic heterocycles. The van der Waals surface area contributed by atoms with Gasteiger partial charge in [-0.15, -0.1) is 0 Å². The summed E-state index contributed by atoms with van der Waals surface area (Å²) < 4.78 is 0. The molecule has 0 bridgehead atoms. The lowest BCUT2D eigenvalue weighted by Crippen LogP contribution is -2.37. The number of benzene rings is 1. The fourth-order valence-electron chi connectivity index (χ4n) is 2.61. The molecule has 1 unspecified atom stereocenters. The molecule has 18 heavy (non-hydrogen) atoms. The van der Waals surface area contributed by atoms with Gasteiger partial charge in [0, 0.05) is 18.0 Å². The van der Waals surface area contributed by atoms with E-state index >= 15 is 0 Å². The average Bonchev–Trinajstić information content (AvgIpc) is 2.57. The number of carbonyl (C=O) groups is 1. The number of likely N-dealkylation sites (N-methyl/N-ethyl adjacent to an activating group) is 1. The number of ketones is 1. The number of nitrogens with zero attached hydrogens (tertiary/aromatic N) is 1. The molecule has 0 heterocycles. The van der Waals surface area contributed by atoms with Crippen molar-refractivity contribution in [1.82, 2.24) is 4.90 Å². The largest absolute Gasteiger partial charge is 0.298 e. The zero-order chi connectivity index (χ0) is 13.0. The lowest BCUT2D eigenvalue weighted by molar-refractivity contribution is -0.123. The van der Waals surface area contributed by atoms with Gasteiger partial charge >= 0.3 is 0 Å². The third kappa shape index (κ3) is 3.33. The highest BCUT2D eigenvalue weighted by molar-refractivity contribution is 6.31. The first-order valence-corrected chi connectivity index (χ1v) is 7.02. The fourth-order valence-corrected chi connectivity index (χ4v) is 2.81. The van der Waals surface area contributed by atoms with E-state index in [1.807, 2.05) is 31.3 Å². The van der Waals surface area contributed by atoms with Crippen LogP contribution in [0, 0.1) is 0 Å². The van der Waals surface area contributed by atoms with E-state index in [1.165, 1.54) is 6.42 Å². The monoisotopic (exact) mass is 265 g/mol. The summed E-state index contributed by atoms with van der Waals surface area (Å²) >= 11 is 6.16. The Bertz CT molecular complexity index is 419. The minimum Gasteiger partial charge on any atom is -0.298 e. The molecule has 3 heteroatoms. The Balaban J connectivity index is 2.04.